The van der Waals surface area contributed by atoms with Crippen molar-refractivity contribution in [3.8, 4) is 0 Å². The topological polar surface area (TPSA) is 198 Å². The zero-order valence-electron chi connectivity index (χ0n) is 21.0. The van der Waals surface area contributed by atoms with Gasteiger partial charge in [-0.05, 0) is 24.8 Å². The number of nitrogens with two attached hydrogens (primary N) is 1. The van der Waals surface area contributed by atoms with E-state index in [1.54, 1.807) is 37.4 Å². The van der Waals surface area contributed by atoms with Gasteiger partial charge in [-0.2, -0.15) is 0 Å². The van der Waals surface area contributed by atoms with Gasteiger partial charge in [0.2, 0.25) is 23.6 Å². The second kappa shape index (κ2) is 18.7. The Hall–Kier alpha value is -3.55. The Kier molecular flexibility index (Phi) is 15.9. The molecule has 0 bridgehead atoms. The van der Waals surface area contributed by atoms with E-state index in [1.807, 2.05) is 0 Å². The SMILES string of the molecule is COCCOCC(=O)NCCCC[C@H](N)C(=O)NCC(=O)NCC(=O)N[C@@H](Cc1ccccc1)C(=O)O. The van der Waals surface area contributed by atoms with Crippen LogP contribution in [-0.4, -0.2) is 93.4 Å². The molecule has 0 aliphatic heterocycles. The minimum atomic E-state index is -1.20. The van der Waals surface area contributed by atoms with Crippen LogP contribution >= 0.6 is 0 Å². The number of carboxylic acid groups (broad SMARTS) is 1. The predicted molar refractivity (Wildman–Crippen MR) is 133 cm³/mol. The molecule has 0 fully saturated rings. The summed E-state index contributed by atoms with van der Waals surface area (Å²) in [7, 11) is 1.54. The van der Waals surface area contributed by atoms with Crippen molar-refractivity contribution in [2.24, 2.45) is 5.73 Å². The molecule has 0 aliphatic rings. The van der Waals surface area contributed by atoms with Gasteiger partial charge in [0.05, 0.1) is 32.3 Å². The molecule has 0 aliphatic carbocycles. The number of rotatable bonds is 19. The third kappa shape index (κ3) is 15.2. The lowest BCUT2D eigenvalue weighted by atomic mass is 10.1. The van der Waals surface area contributed by atoms with Crippen molar-refractivity contribution in [1.82, 2.24) is 21.3 Å². The van der Waals surface area contributed by atoms with Crippen LogP contribution in [0, 0.1) is 0 Å². The molecule has 1 rings (SSSR count). The van der Waals surface area contributed by atoms with Crippen molar-refractivity contribution in [3.63, 3.8) is 0 Å². The lowest BCUT2D eigenvalue weighted by Gasteiger charge is -2.15. The van der Waals surface area contributed by atoms with E-state index >= 15 is 0 Å². The first-order valence-corrected chi connectivity index (χ1v) is 11.9. The van der Waals surface area contributed by atoms with Crippen LogP contribution in [0.1, 0.15) is 24.8 Å². The fourth-order valence-electron chi connectivity index (χ4n) is 3.04. The first-order chi connectivity index (χ1) is 17.7. The highest BCUT2D eigenvalue weighted by Crippen LogP contribution is 2.03. The van der Waals surface area contributed by atoms with Gasteiger partial charge in [-0.15, -0.1) is 0 Å². The molecule has 13 heteroatoms. The van der Waals surface area contributed by atoms with Gasteiger partial charge in [-0.3, -0.25) is 19.2 Å². The number of carbonyl (C=O) groups excluding carboxylic acids is 4. The second-order valence-electron chi connectivity index (χ2n) is 8.14. The number of benzene rings is 1. The fourth-order valence-corrected chi connectivity index (χ4v) is 3.04. The van der Waals surface area contributed by atoms with Crippen molar-refractivity contribution >= 4 is 29.6 Å². The van der Waals surface area contributed by atoms with Crippen molar-refractivity contribution < 1.29 is 38.6 Å². The summed E-state index contributed by atoms with van der Waals surface area (Å²) >= 11 is 0. The third-order valence-corrected chi connectivity index (χ3v) is 5.05. The van der Waals surface area contributed by atoms with Gasteiger partial charge in [-0.1, -0.05) is 30.3 Å². The van der Waals surface area contributed by atoms with Gasteiger partial charge in [-0.25, -0.2) is 4.79 Å². The molecule has 0 heterocycles. The molecule has 206 valence electrons. The molecule has 0 saturated carbocycles. The summed E-state index contributed by atoms with van der Waals surface area (Å²) < 4.78 is 9.91. The summed E-state index contributed by atoms with van der Waals surface area (Å²) in [5.74, 6) is -3.26. The van der Waals surface area contributed by atoms with Gasteiger partial charge in [0.25, 0.3) is 0 Å². The fraction of sp³-hybridized carbons (Fsp3) is 0.542. The highest BCUT2D eigenvalue weighted by molar-refractivity contribution is 5.90. The molecular weight excluding hydrogens is 486 g/mol. The summed E-state index contributed by atoms with van der Waals surface area (Å²) in [5, 5.41) is 19.1. The molecule has 0 aromatic heterocycles. The van der Waals surface area contributed by atoms with Crippen LogP contribution in [0.2, 0.25) is 0 Å². The quantitative estimate of drug-likeness (QED) is 0.115. The molecule has 1 aromatic carbocycles. The zero-order valence-corrected chi connectivity index (χ0v) is 21.0. The summed E-state index contributed by atoms with van der Waals surface area (Å²) in [4.78, 5) is 59.0. The van der Waals surface area contributed by atoms with E-state index in [2.05, 4.69) is 21.3 Å². The summed E-state index contributed by atoms with van der Waals surface area (Å²) in [6.45, 7) is 0.279. The van der Waals surface area contributed by atoms with Gasteiger partial charge in [0.1, 0.15) is 12.6 Å². The standard InChI is InChI=1S/C24H37N5O8/c1-36-11-12-37-16-22(32)26-10-6-5-9-18(25)23(33)28-14-20(30)27-15-21(31)29-19(24(34)35)13-17-7-3-2-4-8-17/h2-4,7-8,18-19H,5-6,9-16,25H2,1H3,(H,26,32)(H,27,30)(H,28,33)(H,29,31)(H,34,35)/t18-,19-/m0/s1. The van der Waals surface area contributed by atoms with E-state index in [-0.39, 0.29) is 25.5 Å². The number of hydrogen-bond acceptors (Lipinski definition) is 8. The number of unbranched alkanes of at least 4 members (excludes halogenated alkanes) is 1. The number of nitrogens with one attached hydrogen (secondary N) is 4. The van der Waals surface area contributed by atoms with E-state index in [0.717, 1.165) is 5.56 Å². The predicted octanol–water partition coefficient (Wildman–Crippen LogP) is -1.69. The highest BCUT2D eigenvalue weighted by Gasteiger charge is 2.21. The molecule has 37 heavy (non-hydrogen) atoms. The largest absolute Gasteiger partial charge is 0.480 e. The molecule has 0 saturated heterocycles. The number of amides is 4. The maximum absolute atomic E-state index is 12.1. The van der Waals surface area contributed by atoms with Crippen LogP contribution in [0.15, 0.2) is 30.3 Å². The van der Waals surface area contributed by atoms with Gasteiger partial charge >= 0.3 is 5.97 Å². The lowest BCUT2D eigenvalue weighted by molar-refractivity contribution is -0.141. The van der Waals surface area contributed by atoms with Crippen LogP contribution in [0.4, 0.5) is 0 Å². The Balaban J connectivity index is 2.18. The molecule has 2 atom stereocenters. The van der Waals surface area contributed by atoms with Crippen LogP contribution < -0.4 is 27.0 Å². The number of aliphatic carboxylic acids is 1. The van der Waals surface area contributed by atoms with Gasteiger partial charge in [0.15, 0.2) is 0 Å². The van der Waals surface area contributed by atoms with Crippen molar-refractivity contribution in [2.75, 3.05) is 46.6 Å². The third-order valence-electron chi connectivity index (χ3n) is 5.05. The van der Waals surface area contributed by atoms with Crippen molar-refractivity contribution in [2.45, 2.75) is 37.8 Å². The Bertz CT molecular complexity index is 868. The van der Waals surface area contributed by atoms with E-state index in [4.69, 9.17) is 15.2 Å². The molecule has 13 nitrogen and oxygen atoms in total. The monoisotopic (exact) mass is 523 g/mol. The van der Waals surface area contributed by atoms with Gasteiger partial charge < -0.3 is 41.6 Å². The normalized spacial score (nSPS) is 12.2. The van der Waals surface area contributed by atoms with Crippen LogP contribution in [0.25, 0.3) is 0 Å². The number of hydrogen-bond donors (Lipinski definition) is 6. The van der Waals surface area contributed by atoms with E-state index in [0.29, 0.717) is 39.0 Å². The Labute approximate surface area is 215 Å². The lowest BCUT2D eigenvalue weighted by Crippen LogP contribution is -2.49. The van der Waals surface area contributed by atoms with E-state index in [1.165, 1.54) is 0 Å². The Morgan fingerprint density at radius 2 is 1.62 bits per heavy atom. The van der Waals surface area contributed by atoms with Crippen molar-refractivity contribution in [1.29, 1.82) is 0 Å². The molecule has 1 aromatic rings. The first-order valence-electron chi connectivity index (χ1n) is 11.9. The highest BCUT2D eigenvalue weighted by atomic mass is 16.5. The Morgan fingerprint density at radius 1 is 0.919 bits per heavy atom. The summed E-state index contributed by atoms with van der Waals surface area (Å²) in [5.41, 5.74) is 6.57. The maximum Gasteiger partial charge on any atom is 0.326 e. The van der Waals surface area contributed by atoms with E-state index in [9.17, 15) is 29.1 Å². The summed E-state index contributed by atoms with van der Waals surface area (Å²) in [6.07, 6.45) is 1.65. The molecule has 4 amide bonds. The minimum absolute atomic E-state index is 0.0527. The number of ether oxygens (including phenoxy) is 2. The number of methoxy groups -OCH3 is 1. The zero-order chi connectivity index (χ0) is 27.5. The van der Waals surface area contributed by atoms with Crippen LogP contribution in [-0.2, 0) is 39.9 Å². The van der Waals surface area contributed by atoms with Crippen LogP contribution in [0.3, 0.4) is 0 Å². The second-order valence-corrected chi connectivity index (χ2v) is 8.14. The van der Waals surface area contributed by atoms with Crippen molar-refractivity contribution in [3.05, 3.63) is 35.9 Å². The average Bonchev–Trinajstić information content (AvgIpc) is 2.88. The van der Waals surface area contributed by atoms with Gasteiger partial charge in [0, 0.05) is 20.1 Å². The first kappa shape index (κ1) is 31.5. The smallest absolute Gasteiger partial charge is 0.326 e. The van der Waals surface area contributed by atoms with Crippen LogP contribution in [0.5, 0.6) is 0 Å². The molecule has 0 radical (unpaired) electrons. The maximum atomic E-state index is 12.1. The molecule has 0 spiro atoms. The minimum Gasteiger partial charge on any atom is -0.480 e. The average molecular weight is 524 g/mol. The molecule has 7 N–H and O–H groups in total. The Morgan fingerprint density at radius 3 is 2.30 bits per heavy atom. The summed E-state index contributed by atoms with van der Waals surface area (Å²) in [6, 6.07) is 6.84. The van der Waals surface area contributed by atoms with E-state index < -0.39 is 42.3 Å². The number of carbonyl (C=O) groups is 5. The number of carboxylic acids is 1. The molecular formula is C24H37N5O8. The molecule has 0 unspecified atom stereocenters.